The van der Waals surface area contributed by atoms with Gasteiger partial charge in [0.25, 0.3) is 0 Å². The average molecular weight is 537 g/mol. The van der Waals surface area contributed by atoms with Crippen molar-refractivity contribution in [3.63, 3.8) is 0 Å². The largest absolute Gasteiger partial charge is 0.497 e. The van der Waals surface area contributed by atoms with Gasteiger partial charge in [-0.1, -0.05) is 26.0 Å². The van der Waals surface area contributed by atoms with E-state index in [-0.39, 0.29) is 6.04 Å². The van der Waals surface area contributed by atoms with E-state index in [2.05, 4.69) is 42.3 Å². The van der Waals surface area contributed by atoms with E-state index in [9.17, 15) is 0 Å². The highest BCUT2D eigenvalue weighted by Crippen LogP contribution is 2.39. The molecule has 0 aliphatic carbocycles. The van der Waals surface area contributed by atoms with E-state index < -0.39 is 0 Å². The van der Waals surface area contributed by atoms with Gasteiger partial charge in [0.2, 0.25) is 0 Å². The zero-order chi connectivity index (χ0) is 27.2. The summed E-state index contributed by atoms with van der Waals surface area (Å²) >= 11 is 5.94. The predicted octanol–water partition coefficient (Wildman–Crippen LogP) is 6.22. The molecular formula is C30H36N2O5S. The molecule has 0 bridgehead atoms. The predicted molar refractivity (Wildman–Crippen MR) is 154 cm³/mol. The lowest BCUT2D eigenvalue weighted by molar-refractivity contribution is 0.190. The fraction of sp³-hybridized carbons (Fsp3) is 0.367. The fourth-order valence-corrected chi connectivity index (χ4v) is 5.00. The Morgan fingerprint density at radius 3 is 2.16 bits per heavy atom. The molecule has 0 fully saturated rings. The molecule has 3 aromatic carbocycles. The van der Waals surface area contributed by atoms with E-state index in [1.807, 2.05) is 36.4 Å². The van der Waals surface area contributed by atoms with Crippen molar-refractivity contribution in [3.8, 4) is 28.7 Å². The number of thiocarbonyl (C=S) groups is 1. The Bertz CT molecular complexity index is 1260. The standard InChI is InChI=1S/C30H36N2O5S/c1-19(2)20-7-9-22(10-8-20)37-18-26-24-17-29(36-6)28(35-5)15-21(24)13-14-32(26)30(38)31-25-16-23(33-3)11-12-27(25)34-4/h7-12,15-17,19,26H,13-14,18H2,1-6H3,(H,31,38). The van der Waals surface area contributed by atoms with Crippen molar-refractivity contribution in [3.05, 3.63) is 71.3 Å². The van der Waals surface area contributed by atoms with E-state index in [0.717, 1.165) is 23.4 Å². The first kappa shape index (κ1) is 27.4. The first-order valence-electron chi connectivity index (χ1n) is 12.7. The zero-order valence-corrected chi connectivity index (χ0v) is 23.7. The van der Waals surface area contributed by atoms with Gasteiger partial charge < -0.3 is 33.9 Å². The first-order chi connectivity index (χ1) is 18.4. The maximum atomic E-state index is 6.33. The van der Waals surface area contributed by atoms with Crippen LogP contribution in [-0.4, -0.2) is 51.6 Å². The Morgan fingerprint density at radius 1 is 0.868 bits per heavy atom. The zero-order valence-electron chi connectivity index (χ0n) is 22.9. The van der Waals surface area contributed by atoms with Gasteiger partial charge in [0.1, 0.15) is 23.9 Å². The molecule has 3 aromatic rings. The molecule has 1 atom stereocenters. The highest BCUT2D eigenvalue weighted by Gasteiger charge is 2.32. The number of anilines is 1. The second-order valence-electron chi connectivity index (χ2n) is 9.40. The molecule has 0 radical (unpaired) electrons. The summed E-state index contributed by atoms with van der Waals surface area (Å²) in [6.07, 6.45) is 0.798. The van der Waals surface area contributed by atoms with Gasteiger partial charge in [0, 0.05) is 12.6 Å². The van der Waals surface area contributed by atoms with Crippen LogP contribution in [0.4, 0.5) is 5.69 Å². The normalized spacial score (nSPS) is 14.5. The minimum absolute atomic E-state index is 0.153. The lowest BCUT2D eigenvalue weighted by atomic mass is 9.92. The van der Waals surface area contributed by atoms with E-state index in [1.165, 1.54) is 11.1 Å². The fourth-order valence-electron chi connectivity index (χ4n) is 4.67. The molecule has 0 amide bonds. The molecule has 1 aliphatic rings. The Balaban J connectivity index is 1.65. The number of nitrogens with zero attached hydrogens (tertiary/aromatic N) is 1. The van der Waals surface area contributed by atoms with Crippen LogP contribution < -0.4 is 29.0 Å². The molecule has 1 N–H and O–H groups in total. The molecule has 0 spiro atoms. The van der Waals surface area contributed by atoms with E-state index >= 15 is 0 Å². The summed E-state index contributed by atoms with van der Waals surface area (Å²) in [4.78, 5) is 2.16. The van der Waals surface area contributed by atoms with Gasteiger partial charge in [-0.25, -0.2) is 0 Å². The summed E-state index contributed by atoms with van der Waals surface area (Å²) in [5, 5.41) is 3.95. The molecule has 0 saturated carbocycles. The molecule has 0 aromatic heterocycles. The summed E-state index contributed by atoms with van der Waals surface area (Å²) in [7, 11) is 6.57. The molecule has 4 rings (SSSR count). The third-order valence-electron chi connectivity index (χ3n) is 6.87. The van der Waals surface area contributed by atoms with Crippen molar-refractivity contribution in [2.45, 2.75) is 32.2 Å². The van der Waals surface area contributed by atoms with Crippen molar-refractivity contribution in [2.24, 2.45) is 0 Å². The average Bonchev–Trinajstić information content (AvgIpc) is 2.94. The summed E-state index contributed by atoms with van der Waals surface area (Å²) in [5.74, 6) is 4.05. The van der Waals surface area contributed by atoms with Crippen LogP contribution in [-0.2, 0) is 6.42 Å². The number of benzene rings is 3. The first-order valence-corrected chi connectivity index (χ1v) is 13.1. The van der Waals surface area contributed by atoms with Crippen LogP contribution in [0, 0.1) is 0 Å². The highest BCUT2D eigenvalue weighted by atomic mass is 32.1. The van der Waals surface area contributed by atoms with Crippen LogP contribution in [0.2, 0.25) is 0 Å². The highest BCUT2D eigenvalue weighted by molar-refractivity contribution is 7.80. The third-order valence-corrected chi connectivity index (χ3v) is 7.20. The van der Waals surface area contributed by atoms with Crippen molar-refractivity contribution in [2.75, 3.05) is 46.9 Å². The second-order valence-corrected chi connectivity index (χ2v) is 9.78. The summed E-state index contributed by atoms with van der Waals surface area (Å²) in [5.41, 5.74) is 4.29. The Hall–Kier alpha value is -3.65. The molecule has 8 heteroatoms. The summed E-state index contributed by atoms with van der Waals surface area (Å²) in [6, 6.07) is 17.8. The monoisotopic (exact) mass is 536 g/mol. The number of rotatable bonds is 9. The van der Waals surface area contributed by atoms with Crippen molar-refractivity contribution < 1.29 is 23.7 Å². The second kappa shape index (κ2) is 12.3. The lowest BCUT2D eigenvalue weighted by Gasteiger charge is -2.39. The van der Waals surface area contributed by atoms with Crippen LogP contribution in [0.5, 0.6) is 28.7 Å². The van der Waals surface area contributed by atoms with Gasteiger partial charge in [0.15, 0.2) is 16.6 Å². The van der Waals surface area contributed by atoms with Crippen molar-refractivity contribution in [1.29, 1.82) is 0 Å². The smallest absolute Gasteiger partial charge is 0.174 e. The van der Waals surface area contributed by atoms with Crippen LogP contribution in [0.25, 0.3) is 0 Å². The van der Waals surface area contributed by atoms with Gasteiger partial charge in [-0.15, -0.1) is 0 Å². The molecule has 0 saturated heterocycles. The summed E-state index contributed by atoms with van der Waals surface area (Å²) < 4.78 is 28.5. The molecule has 1 heterocycles. The maximum absolute atomic E-state index is 6.33. The number of methoxy groups -OCH3 is 4. The Labute approximate surface area is 230 Å². The van der Waals surface area contributed by atoms with E-state index in [1.54, 1.807) is 28.4 Å². The molecule has 202 valence electrons. The molecule has 7 nitrogen and oxygen atoms in total. The van der Waals surface area contributed by atoms with E-state index in [4.69, 9.17) is 35.9 Å². The minimum atomic E-state index is -0.153. The number of nitrogens with one attached hydrogen (secondary N) is 1. The quantitative estimate of drug-likeness (QED) is 0.324. The SMILES string of the molecule is COc1ccc(OC)c(NC(=S)N2CCc3cc(OC)c(OC)cc3C2COc2ccc(C(C)C)cc2)c1. The van der Waals surface area contributed by atoms with Crippen molar-refractivity contribution >= 4 is 23.0 Å². The van der Waals surface area contributed by atoms with Crippen LogP contribution >= 0.6 is 12.2 Å². The Kier molecular flexibility index (Phi) is 8.84. The van der Waals surface area contributed by atoms with Gasteiger partial charge >= 0.3 is 0 Å². The third kappa shape index (κ3) is 5.91. The van der Waals surface area contributed by atoms with E-state index in [0.29, 0.717) is 47.2 Å². The maximum Gasteiger partial charge on any atom is 0.174 e. The molecular weight excluding hydrogens is 500 g/mol. The van der Waals surface area contributed by atoms with Crippen LogP contribution in [0.3, 0.4) is 0 Å². The number of hydrogen-bond donors (Lipinski definition) is 1. The number of hydrogen-bond acceptors (Lipinski definition) is 6. The molecule has 1 unspecified atom stereocenters. The molecule has 38 heavy (non-hydrogen) atoms. The van der Waals surface area contributed by atoms with Gasteiger partial charge in [0.05, 0.1) is 40.2 Å². The summed E-state index contributed by atoms with van der Waals surface area (Å²) in [6.45, 7) is 5.47. The van der Waals surface area contributed by atoms with Gasteiger partial charge in [-0.05, 0) is 77.6 Å². The number of ether oxygens (including phenoxy) is 5. The van der Waals surface area contributed by atoms with Gasteiger partial charge in [-0.3, -0.25) is 0 Å². The van der Waals surface area contributed by atoms with Crippen LogP contribution in [0.1, 0.15) is 42.5 Å². The van der Waals surface area contributed by atoms with Gasteiger partial charge in [-0.2, -0.15) is 0 Å². The number of fused-ring (bicyclic) bond motifs is 1. The molecule has 1 aliphatic heterocycles. The van der Waals surface area contributed by atoms with Crippen LogP contribution in [0.15, 0.2) is 54.6 Å². The van der Waals surface area contributed by atoms with Crippen molar-refractivity contribution in [1.82, 2.24) is 4.90 Å². The Morgan fingerprint density at radius 2 is 1.53 bits per heavy atom. The lowest BCUT2D eigenvalue weighted by Crippen LogP contribution is -2.44. The topological polar surface area (TPSA) is 61.4 Å². The minimum Gasteiger partial charge on any atom is -0.497 e.